The molecule has 0 saturated heterocycles. The third-order valence-electron chi connectivity index (χ3n) is 6.08. The number of unbranched alkanes of at least 4 members (excludes halogenated alkanes) is 1. The number of nitrogens with zero attached hydrogens (tertiary/aromatic N) is 4. The summed E-state index contributed by atoms with van der Waals surface area (Å²) in [6.45, 7) is 32.3. The Labute approximate surface area is 228 Å². The van der Waals surface area contributed by atoms with Crippen molar-refractivity contribution in [2.24, 2.45) is 5.73 Å². The van der Waals surface area contributed by atoms with Gasteiger partial charge in [0.2, 0.25) is 9.12 Å². The minimum Gasteiger partial charge on any atom is -0.383 e. The Morgan fingerprint density at radius 2 is 0.886 bits per heavy atom. The molecule has 0 radical (unpaired) electrons. The maximum Gasteiger partial charge on any atom is 0.349 e. The van der Waals surface area contributed by atoms with Crippen LogP contribution in [0.5, 0.6) is 0 Å². The van der Waals surface area contributed by atoms with Crippen molar-refractivity contribution in [3.63, 3.8) is 0 Å². The SMILES string of the molecule is CC(C)(C)N1C=CN(C(C)(C)C)[SiH]1Cl.CCCC[SiH]1N(C(C)(C)C)C=CN1C(C)(C)C.CCCN. The highest BCUT2D eigenvalue weighted by Crippen LogP contribution is 2.31. The van der Waals surface area contributed by atoms with E-state index >= 15 is 0 Å². The molecule has 0 aromatic rings. The van der Waals surface area contributed by atoms with Crippen LogP contribution in [0.1, 0.15) is 116 Å². The van der Waals surface area contributed by atoms with Crippen molar-refractivity contribution in [1.82, 2.24) is 18.3 Å². The van der Waals surface area contributed by atoms with Crippen molar-refractivity contribution in [3.8, 4) is 0 Å². The summed E-state index contributed by atoms with van der Waals surface area (Å²) >= 11 is 6.54. The van der Waals surface area contributed by atoms with Crippen LogP contribution in [0.15, 0.2) is 24.8 Å². The van der Waals surface area contributed by atoms with E-state index in [1.54, 1.807) is 0 Å². The van der Waals surface area contributed by atoms with Crippen LogP contribution in [0, 0.1) is 0 Å². The summed E-state index contributed by atoms with van der Waals surface area (Å²) in [7, 11) is -2.52. The van der Waals surface area contributed by atoms with Gasteiger partial charge in [0, 0.05) is 47.0 Å². The molecule has 0 aromatic carbocycles. The van der Waals surface area contributed by atoms with Gasteiger partial charge in [0.25, 0.3) is 0 Å². The summed E-state index contributed by atoms with van der Waals surface area (Å²) in [5.74, 6) is 0. The van der Waals surface area contributed by atoms with Crippen LogP contribution in [0.4, 0.5) is 0 Å². The molecule has 2 heterocycles. The molecule has 8 heteroatoms. The van der Waals surface area contributed by atoms with Crippen molar-refractivity contribution in [3.05, 3.63) is 24.8 Å². The first-order valence-corrected chi connectivity index (χ1v) is 18.2. The molecule has 0 unspecified atom stereocenters. The van der Waals surface area contributed by atoms with Crippen LogP contribution >= 0.6 is 11.1 Å². The summed E-state index contributed by atoms with van der Waals surface area (Å²) in [4.78, 5) is 0. The second-order valence-electron chi connectivity index (χ2n) is 13.6. The van der Waals surface area contributed by atoms with Gasteiger partial charge in [-0.25, -0.2) is 0 Å². The average molecular weight is 546 g/mol. The molecule has 0 bridgehead atoms. The Kier molecular flexibility index (Phi) is 13.5. The molecule has 0 amide bonds. The zero-order valence-electron chi connectivity index (χ0n) is 25.7. The van der Waals surface area contributed by atoms with E-state index in [9.17, 15) is 0 Å². The average Bonchev–Trinajstić information content (AvgIpc) is 3.29. The molecule has 0 atom stereocenters. The van der Waals surface area contributed by atoms with Gasteiger partial charge >= 0.3 is 8.43 Å². The molecule has 0 saturated carbocycles. The minimum atomic E-state index is -1.50. The molecular formula is C27H60ClN5Si2. The molecule has 2 rings (SSSR count). The van der Waals surface area contributed by atoms with Gasteiger partial charge in [0.05, 0.1) is 0 Å². The molecule has 35 heavy (non-hydrogen) atoms. The third-order valence-corrected chi connectivity index (χ3v) is 14.3. The zero-order valence-corrected chi connectivity index (χ0v) is 28.8. The fraction of sp³-hybridized carbons (Fsp3) is 0.852. The Bertz CT molecular complexity index is 606. The van der Waals surface area contributed by atoms with Gasteiger partial charge in [-0.15, -0.1) is 11.1 Å². The largest absolute Gasteiger partial charge is 0.383 e. The second-order valence-corrected chi connectivity index (χ2v) is 19.2. The van der Waals surface area contributed by atoms with Crippen LogP contribution in [0.25, 0.3) is 0 Å². The van der Waals surface area contributed by atoms with E-state index in [-0.39, 0.29) is 22.2 Å². The first-order chi connectivity index (χ1) is 15.7. The highest BCUT2D eigenvalue weighted by atomic mass is 35.6. The van der Waals surface area contributed by atoms with E-state index in [1.165, 1.54) is 18.9 Å². The molecule has 2 aliphatic heterocycles. The van der Waals surface area contributed by atoms with Gasteiger partial charge in [0.1, 0.15) is 0 Å². The van der Waals surface area contributed by atoms with E-state index in [2.05, 4.69) is 140 Å². The van der Waals surface area contributed by atoms with Crippen molar-refractivity contribution in [1.29, 1.82) is 0 Å². The van der Waals surface area contributed by atoms with Crippen LogP contribution in [-0.4, -0.2) is 64.5 Å². The van der Waals surface area contributed by atoms with Crippen molar-refractivity contribution in [2.45, 2.75) is 144 Å². The van der Waals surface area contributed by atoms with Gasteiger partial charge in [0.15, 0.2) is 0 Å². The number of rotatable bonds is 4. The highest BCUT2D eigenvalue weighted by molar-refractivity contribution is 7.04. The molecule has 2 N–H and O–H groups in total. The maximum atomic E-state index is 6.54. The Morgan fingerprint density at radius 1 is 0.600 bits per heavy atom. The van der Waals surface area contributed by atoms with Crippen LogP contribution in [-0.2, 0) is 0 Å². The van der Waals surface area contributed by atoms with Gasteiger partial charge in [-0.2, -0.15) is 0 Å². The lowest BCUT2D eigenvalue weighted by molar-refractivity contribution is 0.278. The van der Waals surface area contributed by atoms with Crippen LogP contribution < -0.4 is 5.73 Å². The first-order valence-electron chi connectivity index (χ1n) is 13.6. The monoisotopic (exact) mass is 545 g/mol. The Hall–Kier alpha value is -0.636. The molecule has 0 aliphatic carbocycles. The summed E-state index contributed by atoms with van der Waals surface area (Å²) in [5, 5.41) is 0. The fourth-order valence-corrected chi connectivity index (χ4v) is 12.1. The van der Waals surface area contributed by atoms with Gasteiger partial charge < -0.3 is 24.0 Å². The summed E-state index contributed by atoms with van der Waals surface area (Å²) in [6.07, 6.45) is 12.7. The number of hydrogen-bond donors (Lipinski definition) is 1. The predicted molar refractivity (Wildman–Crippen MR) is 164 cm³/mol. The zero-order chi connectivity index (χ0) is 27.8. The lowest BCUT2D eigenvalue weighted by atomic mass is 10.1. The molecule has 208 valence electrons. The van der Waals surface area contributed by atoms with Gasteiger partial charge in [-0.3, -0.25) is 0 Å². The molecule has 0 spiro atoms. The van der Waals surface area contributed by atoms with Crippen LogP contribution in [0.2, 0.25) is 6.04 Å². The summed E-state index contributed by atoms with van der Waals surface area (Å²) in [6, 6.07) is 1.39. The van der Waals surface area contributed by atoms with Crippen molar-refractivity contribution < 1.29 is 0 Å². The van der Waals surface area contributed by atoms with Crippen molar-refractivity contribution >= 4 is 28.6 Å². The van der Waals surface area contributed by atoms with E-state index in [0.717, 1.165) is 13.0 Å². The maximum absolute atomic E-state index is 6.54. The molecule has 5 nitrogen and oxygen atoms in total. The molecule has 0 fully saturated rings. The lowest BCUT2D eigenvalue weighted by Crippen LogP contribution is -2.56. The standard InChI is InChI=1S/C14H30N2Si.C10H21ClN2Si.C3H9N/c1-8-9-12-17-15(13(2,3)4)10-11-16(17)14(5,6)7;1-9(2,3)12-7-8-13(14(12)11)10(4,5)6;1-2-3-4/h10-11,17H,8-9,12H2,1-7H3;7-8,14H,1-6H3;2-4H2,1H3. The van der Waals surface area contributed by atoms with Crippen LogP contribution in [0.3, 0.4) is 0 Å². The first kappa shape index (κ1) is 34.4. The number of halogens is 1. The van der Waals surface area contributed by atoms with E-state index in [4.69, 9.17) is 16.8 Å². The van der Waals surface area contributed by atoms with E-state index in [1.807, 2.05) is 0 Å². The number of nitrogens with two attached hydrogens (primary N) is 1. The van der Waals surface area contributed by atoms with Crippen molar-refractivity contribution in [2.75, 3.05) is 6.54 Å². The third kappa shape index (κ3) is 11.1. The summed E-state index contributed by atoms with van der Waals surface area (Å²) < 4.78 is 9.90. The molecule has 2 aliphatic rings. The van der Waals surface area contributed by atoms with E-state index < -0.39 is 17.5 Å². The second kappa shape index (κ2) is 13.8. The number of hydrogen-bond acceptors (Lipinski definition) is 5. The smallest absolute Gasteiger partial charge is 0.349 e. The van der Waals surface area contributed by atoms with Gasteiger partial charge in [-0.1, -0.05) is 26.7 Å². The Balaban J connectivity index is 0.000000581. The molecule has 0 aromatic heterocycles. The quantitative estimate of drug-likeness (QED) is 0.315. The fourth-order valence-electron chi connectivity index (χ4n) is 3.99. The van der Waals surface area contributed by atoms with E-state index in [0.29, 0.717) is 0 Å². The predicted octanol–water partition coefficient (Wildman–Crippen LogP) is 6.68. The highest BCUT2D eigenvalue weighted by Gasteiger charge is 2.39. The normalized spacial score (nSPS) is 17.6. The minimum absolute atomic E-state index is 0.134. The summed E-state index contributed by atoms with van der Waals surface area (Å²) in [5.41, 5.74) is 5.83. The lowest BCUT2D eigenvalue weighted by Gasteiger charge is -2.44. The molecular weight excluding hydrogens is 486 g/mol. The topological polar surface area (TPSA) is 39.0 Å². The van der Waals surface area contributed by atoms with Gasteiger partial charge in [-0.05, 0) is 102 Å². The Morgan fingerprint density at radius 3 is 1.09 bits per heavy atom.